The Morgan fingerprint density at radius 2 is 0.911 bits per heavy atom. The number of aromatic nitrogens is 5. The smallest absolute Gasteiger partial charge is 0.165 e. The third-order valence-corrected chi connectivity index (χ3v) is 10.5. The second-order valence-electron chi connectivity index (χ2n) is 13.9. The van der Waals surface area contributed by atoms with Crippen LogP contribution in [0.1, 0.15) is 0 Å². The predicted molar refractivity (Wildman–Crippen MR) is 226 cm³/mol. The zero-order chi connectivity index (χ0) is 37.0. The average Bonchev–Trinajstić information content (AvgIpc) is 3.82. The molecule has 0 fully saturated rings. The molecular weight excluding hydrogens is 687 g/mol. The van der Waals surface area contributed by atoms with Gasteiger partial charge in [0.05, 0.1) is 22.9 Å². The number of furan rings is 1. The molecule has 11 aromatic rings. The van der Waals surface area contributed by atoms with Gasteiger partial charge in [0.1, 0.15) is 11.2 Å². The van der Waals surface area contributed by atoms with Gasteiger partial charge in [0.25, 0.3) is 0 Å². The summed E-state index contributed by atoms with van der Waals surface area (Å²) in [6.45, 7) is 0. The van der Waals surface area contributed by atoms with E-state index < -0.39 is 0 Å². The largest absolute Gasteiger partial charge is 0.456 e. The number of pyridine rings is 1. The molecule has 0 unspecified atom stereocenters. The maximum absolute atomic E-state index is 6.27. The van der Waals surface area contributed by atoms with Gasteiger partial charge in [-0.3, -0.25) is 4.98 Å². The molecule has 0 aliphatic carbocycles. The molecule has 11 rings (SSSR count). The second kappa shape index (κ2) is 13.0. The third-order valence-electron chi connectivity index (χ3n) is 10.5. The summed E-state index contributed by atoms with van der Waals surface area (Å²) < 4.78 is 8.55. The first-order valence-electron chi connectivity index (χ1n) is 18.6. The summed E-state index contributed by atoms with van der Waals surface area (Å²) >= 11 is 0. The number of hydrogen-bond acceptors (Lipinski definition) is 5. The summed E-state index contributed by atoms with van der Waals surface area (Å²) in [5.41, 5.74) is 11.9. The number of hydrogen-bond donors (Lipinski definition) is 0. The average molecular weight is 718 g/mol. The monoisotopic (exact) mass is 717 g/mol. The van der Waals surface area contributed by atoms with Gasteiger partial charge in [-0.2, -0.15) is 0 Å². The number of para-hydroxylation sites is 2. The summed E-state index contributed by atoms with van der Waals surface area (Å²) in [7, 11) is 0. The van der Waals surface area contributed by atoms with Crippen LogP contribution in [-0.2, 0) is 0 Å². The molecule has 0 saturated carbocycles. The first-order valence-corrected chi connectivity index (χ1v) is 18.6. The first kappa shape index (κ1) is 31.8. The number of nitrogens with zero attached hydrogens (tertiary/aromatic N) is 5. The van der Waals surface area contributed by atoms with Crippen molar-refractivity contribution in [3.05, 3.63) is 188 Å². The molecule has 4 heterocycles. The van der Waals surface area contributed by atoms with Crippen LogP contribution in [0.5, 0.6) is 0 Å². The minimum Gasteiger partial charge on any atom is -0.456 e. The van der Waals surface area contributed by atoms with E-state index in [-0.39, 0.29) is 0 Å². The van der Waals surface area contributed by atoms with Gasteiger partial charge in [-0.1, -0.05) is 133 Å². The van der Waals surface area contributed by atoms with Gasteiger partial charge in [0.2, 0.25) is 0 Å². The molecule has 0 radical (unpaired) electrons. The number of benzene rings is 7. The summed E-state index contributed by atoms with van der Waals surface area (Å²) in [5.74, 6) is 1.75. The molecule has 6 nitrogen and oxygen atoms in total. The molecule has 262 valence electrons. The highest BCUT2D eigenvalue weighted by atomic mass is 16.3. The molecule has 4 aromatic heterocycles. The van der Waals surface area contributed by atoms with Crippen molar-refractivity contribution in [1.29, 1.82) is 0 Å². The Balaban J connectivity index is 1.06. The molecule has 0 spiro atoms. The second-order valence-corrected chi connectivity index (χ2v) is 13.9. The van der Waals surface area contributed by atoms with E-state index in [2.05, 4.69) is 132 Å². The van der Waals surface area contributed by atoms with Crippen molar-refractivity contribution in [3.63, 3.8) is 0 Å². The lowest BCUT2D eigenvalue weighted by Gasteiger charge is -2.12. The molecule has 0 bridgehead atoms. The van der Waals surface area contributed by atoms with Crippen molar-refractivity contribution in [2.75, 3.05) is 0 Å². The Morgan fingerprint density at radius 1 is 0.339 bits per heavy atom. The molecule has 0 atom stereocenters. The van der Waals surface area contributed by atoms with Crippen molar-refractivity contribution >= 4 is 43.7 Å². The lowest BCUT2D eigenvalue weighted by molar-refractivity contribution is 0.669. The van der Waals surface area contributed by atoms with Crippen LogP contribution in [0, 0.1) is 0 Å². The van der Waals surface area contributed by atoms with Gasteiger partial charge >= 0.3 is 0 Å². The van der Waals surface area contributed by atoms with Gasteiger partial charge in [0, 0.05) is 44.4 Å². The Bertz CT molecular complexity index is 3260. The van der Waals surface area contributed by atoms with Gasteiger partial charge in [-0.15, -0.1) is 0 Å². The molecule has 0 saturated heterocycles. The molecule has 0 aliphatic rings. The van der Waals surface area contributed by atoms with Crippen molar-refractivity contribution in [1.82, 2.24) is 24.5 Å². The molecule has 7 aromatic carbocycles. The van der Waals surface area contributed by atoms with E-state index in [0.717, 1.165) is 83.0 Å². The standard InChI is InChI=1S/C50H31N5O/c1-3-12-32(13-4-1)34-16-11-17-37(26-34)49-52-48(33-14-5-2-6-15-33)53-50(54-49)38-27-39(31-51-30-38)55-44-20-9-7-18-40(44)41-24-22-35(28-45(41)55)36-23-25-43-42-19-8-10-21-46(42)56-47(43)29-36/h1-31H. The SMILES string of the molecule is c1ccc(-c2cccc(-c3nc(-c4ccccc4)nc(-c4cncc(-n5c6ccccc6c6ccc(-c7ccc8c(c7)oc7ccccc78)cc65)c4)n3)c2)cc1. The number of fused-ring (bicyclic) bond motifs is 6. The Morgan fingerprint density at radius 3 is 1.73 bits per heavy atom. The van der Waals surface area contributed by atoms with Crippen LogP contribution in [0.2, 0.25) is 0 Å². The van der Waals surface area contributed by atoms with Crippen LogP contribution in [0.4, 0.5) is 0 Å². The predicted octanol–water partition coefficient (Wildman–Crippen LogP) is 12.6. The zero-order valence-electron chi connectivity index (χ0n) is 30.0. The number of rotatable bonds is 6. The zero-order valence-corrected chi connectivity index (χ0v) is 30.0. The summed E-state index contributed by atoms with van der Waals surface area (Å²) in [6.07, 6.45) is 3.74. The maximum atomic E-state index is 6.27. The van der Waals surface area contributed by atoms with E-state index in [1.165, 1.54) is 5.39 Å². The molecular formula is C50H31N5O. The Hall–Kier alpha value is -7.70. The highest BCUT2D eigenvalue weighted by Crippen LogP contribution is 2.38. The fourth-order valence-electron chi connectivity index (χ4n) is 7.83. The molecule has 6 heteroatoms. The van der Waals surface area contributed by atoms with Crippen LogP contribution in [0.3, 0.4) is 0 Å². The van der Waals surface area contributed by atoms with Crippen LogP contribution in [-0.4, -0.2) is 24.5 Å². The van der Waals surface area contributed by atoms with E-state index in [9.17, 15) is 0 Å². The van der Waals surface area contributed by atoms with Gasteiger partial charge in [0.15, 0.2) is 17.5 Å². The van der Waals surface area contributed by atoms with Crippen LogP contribution in [0.15, 0.2) is 193 Å². The van der Waals surface area contributed by atoms with E-state index in [0.29, 0.717) is 17.5 Å². The lowest BCUT2D eigenvalue weighted by Crippen LogP contribution is -2.02. The van der Waals surface area contributed by atoms with Gasteiger partial charge in [-0.05, 0) is 64.7 Å². The fraction of sp³-hybridized carbons (Fsp3) is 0. The van der Waals surface area contributed by atoms with Gasteiger partial charge < -0.3 is 8.98 Å². The van der Waals surface area contributed by atoms with Crippen molar-refractivity contribution in [2.24, 2.45) is 0 Å². The third kappa shape index (κ3) is 5.43. The quantitative estimate of drug-likeness (QED) is 0.171. The normalized spacial score (nSPS) is 11.6. The summed E-state index contributed by atoms with van der Waals surface area (Å²) in [5, 5.41) is 4.56. The topological polar surface area (TPSA) is 69.6 Å². The highest BCUT2D eigenvalue weighted by Gasteiger charge is 2.18. The van der Waals surface area contributed by atoms with Crippen LogP contribution in [0.25, 0.3) is 106 Å². The first-order chi connectivity index (χ1) is 27.7. The fourth-order valence-corrected chi connectivity index (χ4v) is 7.83. The van der Waals surface area contributed by atoms with E-state index in [4.69, 9.17) is 24.4 Å². The Labute approximate surface area is 322 Å². The van der Waals surface area contributed by atoms with Crippen molar-refractivity contribution in [2.45, 2.75) is 0 Å². The van der Waals surface area contributed by atoms with Crippen LogP contribution >= 0.6 is 0 Å². The van der Waals surface area contributed by atoms with Crippen molar-refractivity contribution in [3.8, 4) is 62.1 Å². The molecule has 56 heavy (non-hydrogen) atoms. The molecule has 0 N–H and O–H groups in total. The van der Waals surface area contributed by atoms with Crippen molar-refractivity contribution < 1.29 is 4.42 Å². The van der Waals surface area contributed by atoms with E-state index >= 15 is 0 Å². The summed E-state index contributed by atoms with van der Waals surface area (Å²) in [6, 6.07) is 60.8. The lowest BCUT2D eigenvalue weighted by atomic mass is 10.0. The maximum Gasteiger partial charge on any atom is 0.165 e. The van der Waals surface area contributed by atoms with Gasteiger partial charge in [-0.25, -0.2) is 15.0 Å². The van der Waals surface area contributed by atoms with E-state index in [1.54, 1.807) is 0 Å². The summed E-state index contributed by atoms with van der Waals surface area (Å²) in [4.78, 5) is 19.9. The minimum atomic E-state index is 0.550. The highest BCUT2D eigenvalue weighted by molar-refractivity contribution is 6.11. The minimum absolute atomic E-state index is 0.550. The van der Waals surface area contributed by atoms with E-state index in [1.807, 2.05) is 60.9 Å². The van der Waals surface area contributed by atoms with Crippen LogP contribution < -0.4 is 0 Å². The molecule has 0 aliphatic heterocycles. The Kier molecular flexibility index (Phi) is 7.38. The molecule has 0 amide bonds.